The molecule has 1 saturated heterocycles. The van der Waals surface area contributed by atoms with Crippen molar-refractivity contribution < 1.29 is 13.9 Å². The number of likely N-dealkylation sites (tertiary alicyclic amines) is 1. The highest BCUT2D eigenvalue weighted by Gasteiger charge is 2.31. The van der Waals surface area contributed by atoms with Gasteiger partial charge in [-0.25, -0.2) is 4.79 Å². The second-order valence-electron chi connectivity index (χ2n) is 7.08. The van der Waals surface area contributed by atoms with E-state index in [1.54, 1.807) is 6.26 Å². The van der Waals surface area contributed by atoms with Gasteiger partial charge < -0.3 is 14.1 Å². The molecule has 1 aromatic heterocycles. The number of hydrogen-bond donors (Lipinski definition) is 0. The SMILES string of the molecule is CC(c1ccco1)N(C)[C@@H]1CCCN(C(=O)OC(C)(C)C)C1. The van der Waals surface area contributed by atoms with Gasteiger partial charge in [0.15, 0.2) is 0 Å². The monoisotopic (exact) mass is 308 g/mol. The predicted molar refractivity (Wildman–Crippen MR) is 85.7 cm³/mol. The Bertz CT molecular complexity index is 479. The van der Waals surface area contributed by atoms with E-state index >= 15 is 0 Å². The minimum Gasteiger partial charge on any atom is -0.468 e. The first-order chi connectivity index (χ1) is 10.3. The summed E-state index contributed by atoms with van der Waals surface area (Å²) in [5, 5.41) is 0. The van der Waals surface area contributed by atoms with Gasteiger partial charge in [0.1, 0.15) is 11.4 Å². The van der Waals surface area contributed by atoms with Crippen LogP contribution in [-0.2, 0) is 4.74 Å². The van der Waals surface area contributed by atoms with Gasteiger partial charge in [-0.1, -0.05) is 0 Å². The van der Waals surface area contributed by atoms with Crippen LogP contribution in [0.5, 0.6) is 0 Å². The second-order valence-corrected chi connectivity index (χ2v) is 7.08. The Hall–Kier alpha value is -1.49. The van der Waals surface area contributed by atoms with Crippen molar-refractivity contribution >= 4 is 6.09 Å². The molecule has 2 heterocycles. The molecule has 1 aliphatic heterocycles. The van der Waals surface area contributed by atoms with Crippen molar-refractivity contribution in [1.29, 1.82) is 0 Å². The first-order valence-electron chi connectivity index (χ1n) is 8.01. The van der Waals surface area contributed by atoms with Gasteiger partial charge in [-0.2, -0.15) is 0 Å². The molecule has 0 bridgehead atoms. The summed E-state index contributed by atoms with van der Waals surface area (Å²) in [4.78, 5) is 16.4. The number of amides is 1. The zero-order valence-corrected chi connectivity index (χ0v) is 14.3. The molecule has 22 heavy (non-hydrogen) atoms. The van der Waals surface area contributed by atoms with E-state index in [1.807, 2.05) is 37.8 Å². The largest absolute Gasteiger partial charge is 0.468 e. The lowest BCUT2D eigenvalue weighted by molar-refractivity contribution is 0.00898. The Labute approximate surface area is 133 Å². The number of hydrogen-bond acceptors (Lipinski definition) is 4. The lowest BCUT2D eigenvalue weighted by atomic mass is 10.0. The molecule has 0 aliphatic carbocycles. The third kappa shape index (κ3) is 4.26. The lowest BCUT2D eigenvalue weighted by Crippen LogP contribution is -2.50. The molecule has 1 unspecified atom stereocenters. The van der Waals surface area contributed by atoms with Crippen LogP contribution in [0, 0.1) is 0 Å². The summed E-state index contributed by atoms with van der Waals surface area (Å²) in [5.41, 5.74) is -0.447. The molecular formula is C17H28N2O3. The summed E-state index contributed by atoms with van der Waals surface area (Å²) in [6.45, 7) is 9.31. The van der Waals surface area contributed by atoms with Gasteiger partial charge in [-0.3, -0.25) is 4.90 Å². The zero-order chi connectivity index (χ0) is 16.3. The molecule has 2 atom stereocenters. The molecule has 5 nitrogen and oxygen atoms in total. The van der Waals surface area contributed by atoms with Crippen molar-refractivity contribution in [1.82, 2.24) is 9.80 Å². The van der Waals surface area contributed by atoms with Crippen molar-refractivity contribution in [3.63, 3.8) is 0 Å². The molecule has 1 fully saturated rings. The summed E-state index contributed by atoms with van der Waals surface area (Å²) in [6, 6.07) is 4.42. The van der Waals surface area contributed by atoms with Crippen LogP contribution in [0.15, 0.2) is 22.8 Å². The zero-order valence-electron chi connectivity index (χ0n) is 14.3. The van der Waals surface area contributed by atoms with E-state index in [1.165, 1.54) is 0 Å². The highest BCUT2D eigenvalue weighted by molar-refractivity contribution is 5.68. The predicted octanol–water partition coefficient (Wildman–Crippen LogP) is 3.67. The number of carbonyl (C=O) groups excluding carboxylic acids is 1. The van der Waals surface area contributed by atoms with Gasteiger partial charge in [-0.15, -0.1) is 0 Å². The minimum atomic E-state index is -0.447. The number of carbonyl (C=O) groups is 1. The number of rotatable bonds is 3. The average molecular weight is 308 g/mol. The maximum absolute atomic E-state index is 12.2. The normalized spacial score (nSPS) is 21.0. The Morgan fingerprint density at radius 2 is 2.23 bits per heavy atom. The van der Waals surface area contributed by atoms with Crippen molar-refractivity contribution in [2.75, 3.05) is 20.1 Å². The fourth-order valence-corrected chi connectivity index (χ4v) is 2.83. The Morgan fingerprint density at radius 3 is 2.82 bits per heavy atom. The van der Waals surface area contributed by atoms with Crippen LogP contribution in [0.4, 0.5) is 4.79 Å². The van der Waals surface area contributed by atoms with E-state index in [0.717, 1.165) is 25.1 Å². The van der Waals surface area contributed by atoms with Crippen molar-refractivity contribution in [3.8, 4) is 0 Å². The van der Waals surface area contributed by atoms with E-state index in [9.17, 15) is 4.79 Å². The van der Waals surface area contributed by atoms with Gasteiger partial charge >= 0.3 is 6.09 Å². The van der Waals surface area contributed by atoms with Crippen molar-refractivity contribution in [3.05, 3.63) is 24.2 Å². The molecule has 0 radical (unpaired) electrons. The van der Waals surface area contributed by atoms with Gasteiger partial charge in [0, 0.05) is 19.1 Å². The molecule has 0 N–H and O–H groups in total. The van der Waals surface area contributed by atoms with Gasteiger partial charge in [0.05, 0.1) is 12.3 Å². The summed E-state index contributed by atoms with van der Waals surface area (Å²) in [5.74, 6) is 0.955. The van der Waals surface area contributed by atoms with E-state index in [0.29, 0.717) is 12.6 Å². The molecule has 2 rings (SSSR count). The van der Waals surface area contributed by atoms with Crippen LogP contribution in [0.1, 0.15) is 52.3 Å². The first-order valence-corrected chi connectivity index (χ1v) is 8.01. The van der Waals surface area contributed by atoms with Crippen LogP contribution in [0.2, 0.25) is 0 Å². The topological polar surface area (TPSA) is 45.9 Å². The van der Waals surface area contributed by atoms with E-state index in [2.05, 4.69) is 18.9 Å². The van der Waals surface area contributed by atoms with Gasteiger partial charge in [0.2, 0.25) is 0 Å². The maximum Gasteiger partial charge on any atom is 0.410 e. The Morgan fingerprint density at radius 1 is 1.50 bits per heavy atom. The standard InChI is InChI=1S/C17H28N2O3/c1-13(15-9-7-11-21-15)18(5)14-8-6-10-19(12-14)16(20)22-17(2,3)4/h7,9,11,13-14H,6,8,10,12H2,1-5H3/t13?,14-/m1/s1. The number of ether oxygens (including phenoxy) is 1. The molecule has 0 spiro atoms. The highest BCUT2D eigenvalue weighted by atomic mass is 16.6. The van der Waals surface area contributed by atoms with Crippen LogP contribution in [0.25, 0.3) is 0 Å². The van der Waals surface area contributed by atoms with E-state index < -0.39 is 5.60 Å². The maximum atomic E-state index is 12.2. The number of piperidine rings is 1. The molecule has 1 aromatic rings. The summed E-state index contributed by atoms with van der Waals surface area (Å²) in [6.07, 6.45) is 3.57. The smallest absolute Gasteiger partial charge is 0.410 e. The third-order valence-corrected chi connectivity index (χ3v) is 4.19. The summed E-state index contributed by atoms with van der Waals surface area (Å²) >= 11 is 0. The fourth-order valence-electron chi connectivity index (χ4n) is 2.83. The molecule has 1 amide bonds. The third-order valence-electron chi connectivity index (χ3n) is 4.19. The fraction of sp³-hybridized carbons (Fsp3) is 0.706. The molecule has 1 aliphatic rings. The van der Waals surface area contributed by atoms with E-state index in [4.69, 9.17) is 9.15 Å². The van der Waals surface area contributed by atoms with E-state index in [-0.39, 0.29) is 12.1 Å². The molecule has 0 saturated carbocycles. The second kappa shape index (κ2) is 6.73. The Kier molecular flexibility index (Phi) is 5.16. The van der Waals surface area contributed by atoms with Gasteiger partial charge in [-0.05, 0) is 59.7 Å². The number of likely N-dealkylation sites (N-methyl/N-ethyl adjacent to an activating group) is 1. The quantitative estimate of drug-likeness (QED) is 0.854. The van der Waals surface area contributed by atoms with Crippen molar-refractivity contribution in [2.45, 2.75) is 58.2 Å². The first kappa shape index (κ1) is 16.9. The molecule has 5 heteroatoms. The van der Waals surface area contributed by atoms with Crippen molar-refractivity contribution in [2.24, 2.45) is 0 Å². The summed E-state index contributed by atoms with van der Waals surface area (Å²) < 4.78 is 11.0. The van der Waals surface area contributed by atoms with Gasteiger partial charge in [0.25, 0.3) is 0 Å². The van der Waals surface area contributed by atoms with Crippen LogP contribution in [-0.4, -0.2) is 47.7 Å². The minimum absolute atomic E-state index is 0.193. The van der Waals surface area contributed by atoms with Crippen LogP contribution < -0.4 is 0 Å². The molecule has 0 aromatic carbocycles. The average Bonchev–Trinajstić information content (AvgIpc) is 2.98. The lowest BCUT2D eigenvalue weighted by Gasteiger charge is -2.40. The molecule has 124 valence electrons. The number of nitrogens with zero attached hydrogens (tertiary/aromatic N) is 2. The molecular weight excluding hydrogens is 280 g/mol. The number of furan rings is 1. The summed E-state index contributed by atoms with van der Waals surface area (Å²) in [7, 11) is 2.09. The van der Waals surface area contributed by atoms with Crippen LogP contribution in [0.3, 0.4) is 0 Å². The van der Waals surface area contributed by atoms with Crippen LogP contribution >= 0.6 is 0 Å². The Balaban J connectivity index is 1.96. The highest BCUT2D eigenvalue weighted by Crippen LogP contribution is 2.26.